The molecule has 2 amide bonds. The summed E-state index contributed by atoms with van der Waals surface area (Å²) in [5.74, 6) is -0.970. The van der Waals surface area contributed by atoms with E-state index in [2.05, 4.69) is 10.6 Å². The first-order valence-corrected chi connectivity index (χ1v) is 12.5. The zero-order valence-electron chi connectivity index (χ0n) is 18.5. The average Bonchev–Trinajstić information content (AvgIpc) is 3.27. The fourth-order valence-electron chi connectivity index (χ4n) is 5.54. The SMILES string of the molecule is O=C(COC1CCC(Cl)C(Cl)C1)NC12CCC(NC(=O)C3CC(C(F)(F)F)NO3)(CC1)C[C@@H]2O. The summed E-state index contributed by atoms with van der Waals surface area (Å²) >= 11 is 12.3. The molecule has 194 valence electrons. The smallest absolute Gasteiger partial charge is 0.391 e. The number of amides is 2. The molecule has 1 aliphatic heterocycles. The number of nitrogens with one attached hydrogen (secondary N) is 3. The van der Waals surface area contributed by atoms with Crippen molar-refractivity contribution in [3.63, 3.8) is 0 Å². The summed E-state index contributed by atoms with van der Waals surface area (Å²) in [4.78, 5) is 30.0. The number of hydrogen-bond donors (Lipinski definition) is 4. The molecule has 1 heterocycles. The maximum Gasteiger partial charge on any atom is 0.406 e. The molecule has 8 nitrogen and oxygen atoms in total. The minimum atomic E-state index is -4.50. The third kappa shape index (κ3) is 5.59. The van der Waals surface area contributed by atoms with Crippen LogP contribution in [0.2, 0.25) is 0 Å². The molecule has 2 bridgehead atoms. The van der Waals surface area contributed by atoms with Gasteiger partial charge in [0.15, 0.2) is 6.10 Å². The predicted octanol–water partition coefficient (Wildman–Crippen LogP) is 2.04. The van der Waals surface area contributed by atoms with Gasteiger partial charge >= 0.3 is 6.18 Å². The van der Waals surface area contributed by atoms with Crippen molar-refractivity contribution >= 4 is 35.0 Å². The first-order valence-electron chi connectivity index (χ1n) is 11.6. The summed E-state index contributed by atoms with van der Waals surface area (Å²) in [6.45, 7) is -0.149. The monoisotopic (exact) mass is 531 g/mol. The fraction of sp³-hybridized carbons (Fsp3) is 0.905. The highest BCUT2D eigenvalue weighted by atomic mass is 35.5. The Bertz CT molecular complexity index is 781. The van der Waals surface area contributed by atoms with Crippen LogP contribution in [0.3, 0.4) is 0 Å². The number of carbonyl (C=O) groups excluding carboxylic acids is 2. The Balaban J connectivity index is 1.26. The Morgan fingerprint density at radius 1 is 1.09 bits per heavy atom. The number of hydrogen-bond acceptors (Lipinski definition) is 6. The molecule has 4 N–H and O–H groups in total. The molecule has 5 aliphatic rings. The quantitative estimate of drug-likeness (QED) is 0.390. The molecule has 13 heteroatoms. The molecular weight excluding hydrogens is 502 g/mol. The number of alkyl halides is 5. The van der Waals surface area contributed by atoms with E-state index in [9.17, 15) is 27.9 Å². The van der Waals surface area contributed by atoms with Gasteiger partial charge in [0, 0.05) is 12.0 Å². The molecule has 34 heavy (non-hydrogen) atoms. The van der Waals surface area contributed by atoms with Crippen LogP contribution in [0.25, 0.3) is 0 Å². The number of carbonyl (C=O) groups is 2. The molecule has 4 aliphatic carbocycles. The first-order chi connectivity index (χ1) is 15.9. The zero-order valence-corrected chi connectivity index (χ0v) is 20.0. The van der Waals surface area contributed by atoms with Crippen LogP contribution in [0.4, 0.5) is 13.2 Å². The predicted molar refractivity (Wildman–Crippen MR) is 116 cm³/mol. The van der Waals surface area contributed by atoms with Gasteiger partial charge in [-0.05, 0) is 51.4 Å². The molecule has 1 saturated heterocycles. The molecule has 5 fully saturated rings. The Labute approximate surface area is 205 Å². The Hall–Kier alpha value is -0.850. The number of fused-ring (bicyclic) bond motifs is 3. The number of aliphatic hydroxyl groups excluding tert-OH is 1. The lowest BCUT2D eigenvalue weighted by molar-refractivity contribution is -0.165. The third-order valence-electron chi connectivity index (χ3n) is 7.68. The minimum absolute atomic E-state index is 0.0998. The summed E-state index contributed by atoms with van der Waals surface area (Å²) in [6.07, 6.45) is -3.31. The van der Waals surface area contributed by atoms with Crippen LogP contribution in [-0.2, 0) is 19.2 Å². The zero-order chi connectivity index (χ0) is 24.7. The van der Waals surface area contributed by atoms with Gasteiger partial charge in [-0.2, -0.15) is 18.7 Å². The van der Waals surface area contributed by atoms with E-state index >= 15 is 0 Å². The van der Waals surface area contributed by atoms with E-state index in [1.807, 2.05) is 5.48 Å². The number of rotatable bonds is 6. The van der Waals surface area contributed by atoms with Crippen molar-refractivity contribution in [3.05, 3.63) is 0 Å². The molecule has 0 spiro atoms. The van der Waals surface area contributed by atoms with Crippen LogP contribution in [0.1, 0.15) is 57.8 Å². The minimum Gasteiger partial charge on any atom is -0.391 e. The van der Waals surface area contributed by atoms with Crippen molar-refractivity contribution in [1.29, 1.82) is 0 Å². The highest BCUT2D eigenvalue weighted by molar-refractivity contribution is 6.30. The second-order valence-corrected chi connectivity index (χ2v) is 11.1. The lowest BCUT2D eigenvalue weighted by Crippen LogP contribution is -2.70. The Kier molecular flexibility index (Phi) is 7.63. The van der Waals surface area contributed by atoms with Crippen LogP contribution in [-0.4, -0.2) is 75.9 Å². The summed E-state index contributed by atoms with van der Waals surface area (Å²) in [7, 11) is 0. The maximum absolute atomic E-state index is 12.8. The van der Waals surface area contributed by atoms with E-state index in [4.69, 9.17) is 32.8 Å². The van der Waals surface area contributed by atoms with Gasteiger partial charge in [0.25, 0.3) is 5.91 Å². The lowest BCUT2D eigenvalue weighted by atomic mass is 9.60. The molecule has 5 rings (SSSR count). The van der Waals surface area contributed by atoms with Crippen molar-refractivity contribution in [1.82, 2.24) is 16.1 Å². The fourth-order valence-corrected chi connectivity index (χ4v) is 6.09. The Morgan fingerprint density at radius 2 is 1.79 bits per heavy atom. The van der Waals surface area contributed by atoms with Gasteiger partial charge in [0.05, 0.1) is 28.5 Å². The summed E-state index contributed by atoms with van der Waals surface area (Å²) < 4.78 is 44.2. The number of hydroxylamine groups is 1. The Morgan fingerprint density at radius 3 is 2.38 bits per heavy atom. The van der Waals surface area contributed by atoms with Gasteiger partial charge in [0.1, 0.15) is 12.6 Å². The summed E-state index contributed by atoms with van der Waals surface area (Å²) in [5.41, 5.74) is 0.315. The first kappa shape index (κ1) is 26.2. The van der Waals surface area contributed by atoms with Crippen LogP contribution in [0.5, 0.6) is 0 Å². The number of aliphatic hydroxyl groups is 1. The third-order valence-corrected chi connectivity index (χ3v) is 8.82. The molecule has 5 unspecified atom stereocenters. The maximum atomic E-state index is 12.8. The molecule has 0 aromatic heterocycles. The largest absolute Gasteiger partial charge is 0.406 e. The normalized spacial score (nSPS) is 42.4. The standard InChI is InChI=1S/C21H30Cl2F3N3O5/c22-12-2-1-11(7-13(12)23)33-10-17(31)27-20-5-3-19(4-6-20,9-16(20)30)28-18(32)14-8-15(29-34-14)21(24,25)26/h11-16,29-30H,1-10H2,(H,27,31)(H,28,32)/t11?,12?,13?,14?,15?,16-,19?,20?/m0/s1. The average molecular weight is 532 g/mol. The second kappa shape index (κ2) is 9.89. The van der Waals surface area contributed by atoms with Crippen LogP contribution >= 0.6 is 23.2 Å². The van der Waals surface area contributed by atoms with E-state index in [1.54, 1.807) is 0 Å². The highest BCUT2D eigenvalue weighted by Gasteiger charge is 2.56. The van der Waals surface area contributed by atoms with Crippen molar-refractivity contribution < 1.29 is 37.4 Å². The van der Waals surface area contributed by atoms with Crippen molar-refractivity contribution in [2.45, 2.75) is 110 Å². The molecule has 0 aromatic carbocycles. The second-order valence-electron chi connectivity index (χ2n) is 10.0. The van der Waals surface area contributed by atoms with Gasteiger partial charge in [-0.25, -0.2) is 0 Å². The molecular formula is C21H30Cl2F3N3O5. The number of halogens is 5. The van der Waals surface area contributed by atoms with Gasteiger partial charge in [-0.1, -0.05) is 0 Å². The van der Waals surface area contributed by atoms with E-state index in [0.717, 1.165) is 12.8 Å². The van der Waals surface area contributed by atoms with Gasteiger partial charge in [-0.3, -0.25) is 14.4 Å². The topological polar surface area (TPSA) is 109 Å². The van der Waals surface area contributed by atoms with Crippen LogP contribution in [0, 0.1) is 0 Å². The van der Waals surface area contributed by atoms with Crippen LogP contribution in [0.15, 0.2) is 0 Å². The summed E-state index contributed by atoms with van der Waals surface area (Å²) in [5, 5.41) is 16.3. The lowest BCUT2D eigenvalue weighted by Gasteiger charge is -2.56. The van der Waals surface area contributed by atoms with Crippen LogP contribution < -0.4 is 16.1 Å². The van der Waals surface area contributed by atoms with Crippen molar-refractivity contribution in [2.24, 2.45) is 0 Å². The summed E-state index contributed by atoms with van der Waals surface area (Å²) in [6, 6.07) is -1.89. The molecule has 4 saturated carbocycles. The van der Waals surface area contributed by atoms with Gasteiger partial charge in [0.2, 0.25) is 5.91 Å². The number of ether oxygens (including phenoxy) is 1. The van der Waals surface area contributed by atoms with E-state index in [0.29, 0.717) is 32.1 Å². The van der Waals surface area contributed by atoms with Crippen molar-refractivity contribution in [2.75, 3.05) is 6.61 Å². The highest BCUT2D eigenvalue weighted by Crippen LogP contribution is 2.47. The molecule has 6 atom stereocenters. The van der Waals surface area contributed by atoms with Gasteiger partial charge in [-0.15, -0.1) is 23.2 Å². The molecule has 0 radical (unpaired) electrons. The van der Waals surface area contributed by atoms with Crippen molar-refractivity contribution in [3.8, 4) is 0 Å². The van der Waals surface area contributed by atoms with E-state index < -0.39 is 47.8 Å². The van der Waals surface area contributed by atoms with Gasteiger partial charge < -0.3 is 20.5 Å². The molecule has 0 aromatic rings. The van der Waals surface area contributed by atoms with E-state index in [-0.39, 0.29) is 35.8 Å². The van der Waals surface area contributed by atoms with E-state index in [1.165, 1.54) is 0 Å².